The Morgan fingerprint density at radius 2 is 1.95 bits per heavy atom. The van der Waals surface area contributed by atoms with Gasteiger partial charge in [-0.2, -0.15) is 5.10 Å². The number of fused-ring (bicyclic) bond motifs is 1. The van der Waals surface area contributed by atoms with E-state index in [-0.39, 0.29) is 13.2 Å². The van der Waals surface area contributed by atoms with E-state index >= 15 is 0 Å². The molecule has 0 bridgehead atoms. The fraction of sp³-hybridized carbons (Fsp3) is 0.545. The van der Waals surface area contributed by atoms with Crippen LogP contribution in [-0.2, 0) is 13.6 Å². The molecule has 0 aliphatic rings. The average Bonchev–Trinajstić information content (AvgIpc) is 2.73. The second-order valence-corrected chi connectivity index (χ2v) is 4.25. The molecule has 0 radical (unpaired) electrons. The molecule has 0 fully saturated rings. The molecule has 2 heterocycles. The maximum Gasteiger partial charge on any atom is 0.163 e. The van der Waals surface area contributed by atoms with Gasteiger partial charge in [0.2, 0.25) is 0 Å². The largest absolute Gasteiger partial charge is 0.395 e. The van der Waals surface area contributed by atoms with Gasteiger partial charge in [-0.05, 0) is 0 Å². The Morgan fingerprint density at radius 3 is 2.58 bits per heavy atom. The minimum atomic E-state index is 0.0173. The van der Waals surface area contributed by atoms with Crippen molar-refractivity contribution < 1.29 is 10.2 Å². The molecule has 0 aromatic carbocycles. The summed E-state index contributed by atoms with van der Waals surface area (Å²) in [4.78, 5) is 10.5. The lowest BCUT2D eigenvalue weighted by molar-refractivity contribution is 0.153. The van der Waals surface area contributed by atoms with Gasteiger partial charge in [0, 0.05) is 20.1 Å². The second kappa shape index (κ2) is 5.91. The van der Waals surface area contributed by atoms with Crippen molar-refractivity contribution in [3.05, 3.63) is 12.0 Å². The van der Waals surface area contributed by atoms with E-state index in [2.05, 4.69) is 15.1 Å². The van der Waals surface area contributed by atoms with Gasteiger partial charge in [-0.25, -0.2) is 9.97 Å². The third kappa shape index (κ3) is 2.98. The molecule has 104 valence electrons. The van der Waals surface area contributed by atoms with Crippen LogP contribution < -0.4 is 5.73 Å². The van der Waals surface area contributed by atoms with Crippen molar-refractivity contribution in [1.29, 1.82) is 0 Å². The lowest BCUT2D eigenvalue weighted by Crippen LogP contribution is -2.30. The first-order valence-electron chi connectivity index (χ1n) is 6.04. The van der Waals surface area contributed by atoms with Crippen LogP contribution in [-0.4, -0.2) is 61.2 Å². The number of nitrogens with zero attached hydrogens (tertiary/aromatic N) is 5. The predicted octanol–water partition coefficient (Wildman–Crippen LogP) is -1.27. The van der Waals surface area contributed by atoms with Gasteiger partial charge < -0.3 is 15.9 Å². The number of aryl methyl sites for hydroxylation is 1. The third-order valence-corrected chi connectivity index (χ3v) is 2.87. The molecule has 2 aromatic rings. The summed E-state index contributed by atoms with van der Waals surface area (Å²) in [6, 6.07) is 0. The van der Waals surface area contributed by atoms with E-state index in [4.69, 9.17) is 15.9 Å². The molecule has 0 spiro atoms. The lowest BCUT2D eigenvalue weighted by Gasteiger charge is -2.19. The van der Waals surface area contributed by atoms with Crippen LogP contribution in [0, 0.1) is 0 Å². The van der Waals surface area contributed by atoms with Crippen LogP contribution in [0.1, 0.15) is 5.82 Å². The van der Waals surface area contributed by atoms with E-state index in [0.29, 0.717) is 36.9 Å². The number of nitrogens with two attached hydrogens (primary N) is 1. The minimum absolute atomic E-state index is 0.0173. The van der Waals surface area contributed by atoms with Crippen molar-refractivity contribution >= 4 is 16.9 Å². The van der Waals surface area contributed by atoms with Crippen molar-refractivity contribution in [3.8, 4) is 0 Å². The Hall–Kier alpha value is -1.77. The molecule has 0 unspecified atom stereocenters. The van der Waals surface area contributed by atoms with E-state index in [1.807, 2.05) is 4.90 Å². The molecule has 2 aromatic heterocycles. The van der Waals surface area contributed by atoms with Gasteiger partial charge in [-0.3, -0.25) is 9.58 Å². The summed E-state index contributed by atoms with van der Waals surface area (Å²) >= 11 is 0. The maximum atomic E-state index is 8.98. The fourth-order valence-electron chi connectivity index (χ4n) is 1.91. The number of aromatic nitrogens is 4. The molecule has 2 rings (SSSR count). The van der Waals surface area contributed by atoms with Crippen LogP contribution in [0.2, 0.25) is 0 Å². The highest BCUT2D eigenvalue weighted by Crippen LogP contribution is 2.16. The van der Waals surface area contributed by atoms with E-state index in [0.717, 1.165) is 5.39 Å². The molecule has 4 N–H and O–H groups in total. The van der Waals surface area contributed by atoms with E-state index in [1.54, 1.807) is 17.9 Å². The summed E-state index contributed by atoms with van der Waals surface area (Å²) in [5.41, 5.74) is 6.55. The quantitative estimate of drug-likeness (QED) is 0.597. The Balaban J connectivity index is 2.26. The first-order chi connectivity index (χ1) is 9.15. The third-order valence-electron chi connectivity index (χ3n) is 2.87. The van der Waals surface area contributed by atoms with Gasteiger partial charge >= 0.3 is 0 Å². The highest BCUT2D eigenvalue weighted by atomic mass is 16.3. The van der Waals surface area contributed by atoms with Crippen LogP contribution in [0.4, 0.5) is 5.82 Å². The molecular weight excluding hydrogens is 248 g/mol. The number of anilines is 1. The number of aliphatic hydroxyl groups excluding tert-OH is 2. The topological polar surface area (TPSA) is 113 Å². The van der Waals surface area contributed by atoms with Crippen LogP contribution >= 0.6 is 0 Å². The number of aliphatic hydroxyl groups is 2. The molecule has 0 aliphatic heterocycles. The van der Waals surface area contributed by atoms with Crippen LogP contribution in [0.25, 0.3) is 11.0 Å². The zero-order valence-corrected chi connectivity index (χ0v) is 10.8. The predicted molar refractivity (Wildman–Crippen MR) is 70.2 cm³/mol. The molecule has 19 heavy (non-hydrogen) atoms. The van der Waals surface area contributed by atoms with E-state index in [1.165, 1.54) is 0 Å². The number of hydrogen-bond acceptors (Lipinski definition) is 7. The summed E-state index contributed by atoms with van der Waals surface area (Å²) in [5, 5.41) is 22.8. The summed E-state index contributed by atoms with van der Waals surface area (Å²) in [7, 11) is 1.79. The highest BCUT2D eigenvalue weighted by Gasteiger charge is 2.12. The number of hydrogen-bond donors (Lipinski definition) is 3. The highest BCUT2D eigenvalue weighted by molar-refractivity contribution is 5.84. The van der Waals surface area contributed by atoms with Crippen molar-refractivity contribution in [2.24, 2.45) is 7.05 Å². The van der Waals surface area contributed by atoms with Gasteiger partial charge in [0.05, 0.1) is 31.3 Å². The summed E-state index contributed by atoms with van der Waals surface area (Å²) < 4.78 is 1.64. The molecule has 8 nitrogen and oxygen atoms in total. The van der Waals surface area contributed by atoms with E-state index in [9.17, 15) is 0 Å². The zero-order chi connectivity index (χ0) is 13.8. The standard InChI is InChI=1S/C11H18N6O2/c1-16-11-8(6-13-16)10(12)14-9(15-11)7-17(2-4-18)3-5-19/h6,18-19H,2-5,7H2,1H3,(H2,12,14,15). The van der Waals surface area contributed by atoms with E-state index < -0.39 is 0 Å². The molecule has 0 amide bonds. The molecule has 0 saturated heterocycles. The summed E-state index contributed by atoms with van der Waals surface area (Å²) in [6.07, 6.45) is 1.63. The van der Waals surface area contributed by atoms with Crippen molar-refractivity contribution in [1.82, 2.24) is 24.6 Å². The van der Waals surface area contributed by atoms with Crippen molar-refractivity contribution in [3.63, 3.8) is 0 Å². The Kier molecular flexibility index (Phi) is 4.25. The van der Waals surface area contributed by atoms with Gasteiger partial charge in [0.1, 0.15) is 11.6 Å². The lowest BCUT2D eigenvalue weighted by atomic mass is 10.3. The molecule has 8 heteroatoms. The molecule has 0 aliphatic carbocycles. The van der Waals surface area contributed by atoms with Crippen molar-refractivity contribution in [2.75, 3.05) is 32.0 Å². The maximum absolute atomic E-state index is 8.98. The second-order valence-electron chi connectivity index (χ2n) is 4.25. The Bertz CT molecular complexity index is 549. The van der Waals surface area contributed by atoms with Gasteiger partial charge in [-0.1, -0.05) is 0 Å². The molecular formula is C11H18N6O2. The van der Waals surface area contributed by atoms with Gasteiger partial charge in [0.25, 0.3) is 0 Å². The van der Waals surface area contributed by atoms with Crippen LogP contribution in [0.5, 0.6) is 0 Å². The monoisotopic (exact) mass is 266 g/mol. The van der Waals surface area contributed by atoms with Gasteiger partial charge in [0.15, 0.2) is 5.65 Å². The fourth-order valence-corrected chi connectivity index (χ4v) is 1.91. The van der Waals surface area contributed by atoms with Gasteiger partial charge in [-0.15, -0.1) is 0 Å². The number of nitrogen functional groups attached to an aromatic ring is 1. The van der Waals surface area contributed by atoms with Crippen molar-refractivity contribution in [2.45, 2.75) is 6.54 Å². The smallest absolute Gasteiger partial charge is 0.163 e. The first kappa shape index (κ1) is 13.7. The minimum Gasteiger partial charge on any atom is -0.395 e. The average molecular weight is 266 g/mol. The normalized spacial score (nSPS) is 11.6. The summed E-state index contributed by atoms with van der Waals surface area (Å²) in [5.74, 6) is 0.941. The van der Waals surface area contributed by atoms with Crippen LogP contribution in [0.15, 0.2) is 6.20 Å². The Morgan fingerprint density at radius 1 is 1.26 bits per heavy atom. The zero-order valence-electron chi connectivity index (χ0n) is 10.8. The first-order valence-corrected chi connectivity index (χ1v) is 6.04. The summed E-state index contributed by atoms with van der Waals surface area (Å²) in [6.45, 7) is 1.36. The SMILES string of the molecule is Cn1ncc2c(N)nc(CN(CCO)CCO)nc21. The van der Waals surface area contributed by atoms with Crippen LogP contribution in [0.3, 0.4) is 0 Å². The number of rotatable bonds is 6. The molecule has 0 atom stereocenters. The molecule has 0 saturated carbocycles. The Labute approximate surface area is 110 Å².